The second-order valence-corrected chi connectivity index (χ2v) is 13.8. The summed E-state index contributed by atoms with van der Waals surface area (Å²) in [5, 5.41) is 20.5. The molecule has 12 nitrogen and oxygen atoms in total. The third-order valence-electron chi connectivity index (χ3n) is 8.76. The molecule has 1 unspecified atom stereocenters. The number of amides is 5. The van der Waals surface area contributed by atoms with E-state index in [1.807, 2.05) is 56.3 Å². The number of hydrogen-bond acceptors (Lipinski definition) is 6. The molecule has 2 aromatic carbocycles. The van der Waals surface area contributed by atoms with Crippen LogP contribution in [0.2, 0.25) is 0 Å². The quantitative estimate of drug-likeness (QED) is 0.0982. The highest BCUT2D eigenvalue weighted by atomic mass is 16.3. The number of carbonyl (C=O) groups is 5. The van der Waals surface area contributed by atoms with E-state index in [2.05, 4.69) is 42.4 Å². The summed E-state index contributed by atoms with van der Waals surface area (Å²) in [6.45, 7) is 3.89. The summed E-state index contributed by atoms with van der Waals surface area (Å²) in [5.74, 6) is -3.31. The number of nitrogens with zero attached hydrogens (tertiary/aromatic N) is 1. The maximum absolute atomic E-state index is 13.7. The topological polar surface area (TPSA) is 180 Å². The lowest BCUT2D eigenvalue weighted by Crippen LogP contribution is -2.60. The van der Waals surface area contributed by atoms with E-state index in [0.29, 0.717) is 18.4 Å². The van der Waals surface area contributed by atoms with Crippen LogP contribution < -0.4 is 27.0 Å². The Bertz CT molecular complexity index is 1390. The van der Waals surface area contributed by atoms with Crippen LogP contribution in [0.25, 0.3) is 11.1 Å². The van der Waals surface area contributed by atoms with E-state index >= 15 is 0 Å². The van der Waals surface area contributed by atoms with E-state index in [1.54, 1.807) is 12.1 Å². The Kier molecular flexibility index (Phi) is 14.1. The predicted molar refractivity (Wildman–Crippen MR) is 184 cm³/mol. The third-order valence-corrected chi connectivity index (χ3v) is 8.76. The van der Waals surface area contributed by atoms with E-state index in [1.165, 1.54) is 0 Å². The Hall–Kier alpha value is -4.29. The van der Waals surface area contributed by atoms with Crippen LogP contribution in [0.1, 0.15) is 62.7 Å². The molecule has 5 amide bonds. The van der Waals surface area contributed by atoms with Gasteiger partial charge in [-0.1, -0.05) is 62.7 Å². The number of aliphatic hydroxyl groups excluding tert-OH is 1. The van der Waals surface area contributed by atoms with Crippen LogP contribution in [0, 0.1) is 11.8 Å². The number of quaternary nitrogens is 1. The summed E-state index contributed by atoms with van der Waals surface area (Å²) in [6.07, 6.45) is 3.77. The lowest BCUT2D eigenvalue weighted by Gasteiger charge is -2.29. The largest absolute Gasteiger partial charge is 0.394 e. The molecule has 7 N–H and O–H groups in total. The van der Waals surface area contributed by atoms with Gasteiger partial charge in [0.05, 0.1) is 34.3 Å². The molecule has 0 saturated heterocycles. The van der Waals surface area contributed by atoms with Gasteiger partial charge in [-0.05, 0) is 67.2 Å². The number of rotatable bonds is 19. The molecule has 2 aromatic rings. The number of hydrogen-bond donors (Lipinski definition) is 6. The van der Waals surface area contributed by atoms with Crippen LogP contribution in [0.3, 0.4) is 0 Å². The number of carbonyl (C=O) groups excluding carboxylic acids is 5. The fourth-order valence-corrected chi connectivity index (χ4v) is 5.39. The molecule has 0 spiro atoms. The van der Waals surface area contributed by atoms with Gasteiger partial charge in [0.15, 0.2) is 0 Å². The Labute approximate surface area is 283 Å². The second kappa shape index (κ2) is 17.7. The normalized spacial score (nSPS) is 16.0. The van der Waals surface area contributed by atoms with E-state index in [4.69, 9.17) is 5.73 Å². The van der Waals surface area contributed by atoms with Crippen molar-refractivity contribution in [1.82, 2.24) is 21.3 Å². The molecule has 0 aliphatic heterocycles. The van der Waals surface area contributed by atoms with Gasteiger partial charge in [-0.3, -0.25) is 24.0 Å². The van der Waals surface area contributed by atoms with Gasteiger partial charge in [-0.25, -0.2) is 0 Å². The highest BCUT2D eigenvalue weighted by Gasteiger charge is 2.40. The molecule has 0 aromatic heterocycles. The Balaban J connectivity index is 1.72. The van der Waals surface area contributed by atoms with Crippen molar-refractivity contribution in [2.45, 2.75) is 76.5 Å². The molecular weight excluding hydrogens is 612 g/mol. The summed E-state index contributed by atoms with van der Waals surface area (Å²) < 4.78 is 0.733. The van der Waals surface area contributed by atoms with Crippen LogP contribution >= 0.6 is 0 Å². The second-order valence-electron chi connectivity index (χ2n) is 13.8. The molecule has 0 heterocycles. The fraction of sp³-hybridized carbons (Fsp3) is 0.528. The lowest BCUT2D eigenvalue weighted by molar-refractivity contribution is -0.870. The summed E-state index contributed by atoms with van der Waals surface area (Å²) in [6, 6.07) is 12.8. The van der Waals surface area contributed by atoms with Gasteiger partial charge in [0, 0.05) is 5.56 Å². The first-order chi connectivity index (χ1) is 22.7. The van der Waals surface area contributed by atoms with Crippen molar-refractivity contribution < 1.29 is 33.6 Å². The molecule has 0 bridgehead atoms. The number of nitrogens with two attached hydrogens (primary N) is 1. The first-order valence-corrected chi connectivity index (χ1v) is 16.8. The standard InChI is InChI=1S/C36H52N6O6/c1-6-23(2)30(35(47)38-28(14-10-11-21-42(3,4)5)34(46)39-29(22-43)32(37)44)40-36(48)31(26-17-18-26)41-33(45)27-19-15-25(16-20-27)24-12-8-7-9-13-24/h7-9,12-13,15-16,19-20,23,26,28-31,43H,6,10-11,14,17-18,21-22H2,1-5H3,(H5-,37,38,39,40,41,44,45,46,47,48)/p+1/t23-,28-,29-,30?,31-/m0/s1. The van der Waals surface area contributed by atoms with Crippen molar-refractivity contribution in [3.8, 4) is 11.1 Å². The Morgan fingerprint density at radius 3 is 1.96 bits per heavy atom. The first kappa shape index (κ1) is 38.2. The van der Waals surface area contributed by atoms with Gasteiger partial charge >= 0.3 is 0 Å². The molecule has 0 radical (unpaired) electrons. The monoisotopic (exact) mass is 665 g/mol. The fourth-order valence-electron chi connectivity index (χ4n) is 5.39. The molecule has 12 heteroatoms. The SMILES string of the molecule is CC[C@H](C)C(NC(=O)[C@@H](NC(=O)c1ccc(-c2ccccc2)cc1)C1CC1)C(=O)N[C@@H](CCCC[N+](C)(C)C)C(=O)N[C@@H](CO)C(N)=O. The Morgan fingerprint density at radius 2 is 1.42 bits per heavy atom. The number of primary amides is 1. The smallest absolute Gasteiger partial charge is 0.251 e. The highest BCUT2D eigenvalue weighted by Crippen LogP contribution is 2.33. The van der Waals surface area contributed by atoms with Gasteiger partial charge < -0.3 is 36.6 Å². The van der Waals surface area contributed by atoms with Crippen molar-refractivity contribution in [2.75, 3.05) is 34.3 Å². The first-order valence-electron chi connectivity index (χ1n) is 16.8. The summed E-state index contributed by atoms with van der Waals surface area (Å²) in [4.78, 5) is 65.6. The number of aliphatic hydroxyl groups is 1. The van der Waals surface area contributed by atoms with Gasteiger partial charge in [-0.15, -0.1) is 0 Å². The summed E-state index contributed by atoms with van der Waals surface area (Å²) in [7, 11) is 6.18. The van der Waals surface area contributed by atoms with Crippen molar-refractivity contribution >= 4 is 29.5 Å². The van der Waals surface area contributed by atoms with Gasteiger partial charge in [0.2, 0.25) is 23.6 Å². The molecule has 262 valence electrons. The zero-order valence-electron chi connectivity index (χ0n) is 28.8. The molecule has 1 saturated carbocycles. The maximum Gasteiger partial charge on any atom is 0.251 e. The number of nitrogens with one attached hydrogen (secondary N) is 4. The minimum atomic E-state index is -1.30. The van der Waals surface area contributed by atoms with Crippen molar-refractivity contribution in [3.05, 3.63) is 60.2 Å². The number of benzene rings is 2. The van der Waals surface area contributed by atoms with E-state index in [-0.39, 0.29) is 24.2 Å². The predicted octanol–water partition coefficient (Wildman–Crippen LogP) is 1.72. The summed E-state index contributed by atoms with van der Waals surface area (Å²) >= 11 is 0. The lowest BCUT2D eigenvalue weighted by atomic mass is 9.96. The van der Waals surface area contributed by atoms with E-state index in [9.17, 15) is 29.1 Å². The highest BCUT2D eigenvalue weighted by molar-refractivity contribution is 5.99. The minimum Gasteiger partial charge on any atom is -0.394 e. The van der Waals surface area contributed by atoms with Gasteiger partial charge in [0.1, 0.15) is 24.2 Å². The van der Waals surface area contributed by atoms with E-state index < -0.39 is 54.4 Å². The van der Waals surface area contributed by atoms with Gasteiger partial charge in [-0.2, -0.15) is 0 Å². The average Bonchev–Trinajstić information content (AvgIpc) is 3.91. The molecule has 1 aliphatic rings. The zero-order chi connectivity index (χ0) is 35.4. The Morgan fingerprint density at radius 1 is 0.812 bits per heavy atom. The zero-order valence-corrected chi connectivity index (χ0v) is 28.8. The van der Waals surface area contributed by atoms with Crippen LogP contribution in [-0.4, -0.2) is 97.6 Å². The van der Waals surface area contributed by atoms with Crippen LogP contribution in [0.4, 0.5) is 0 Å². The molecular formula is C36H53N6O6+. The molecule has 3 rings (SSSR count). The molecule has 1 fully saturated rings. The number of unbranched alkanes of at least 4 members (excludes halogenated alkanes) is 1. The maximum atomic E-state index is 13.7. The van der Waals surface area contributed by atoms with Crippen LogP contribution in [0.5, 0.6) is 0 Å². The third kappa shape index (κ3) is 11.7. The van der Waals surface area contributed by atoms with Crippen molar-refractivity contribution in [3.63, 3.8) is 0 Å². The van der Waals surface area contributed by atoms with Crippen LogP contribution in [-0.2, 0) is 19.2 Å². The molecule has 48 heavy (non-hydrogen) atoms. The van der Waals surface area contributed by atoms with E-state index in [0.717, 1.165) is 41.4 Å². The molecule has 5 atom stereocenters. The van der Waals surface area contributed by atoms with Crippen molar-refractivity contribution in [2.24, 2.45) is 17.6 Å². The minimum absolute atomic E-state index is 0.0536. The van der Waals surface area contributed by atoms with Gasteiger partial charge in [0.25, 0.3) is 5.91 Å². The van der Waals surface area contributed by atoms with Crippen molar-refractivity contribution in [1.29, 1.82) is 0 Å². The van der Waals surface area contributed by atoms with Crippen LogP contribution in [0.15, 0.2) is 54.6 Å². The summed E-state index contributed by atoms with van der Waals surface area (Å²) in [5.41, 5.74) is 7.72. The average molecular weight is 666 g/mol. The molecule has 1 aliphatic carbocycles.